The number of rotatable bonds is 5. The van der Waals surface area contributed by atoms with E-state index in [4.69, 9.17) is 4.74 Å². The lowest BCUT2D eigenvalue weighted by Crippen LogP contribution is -2.31. The molecule has 0 saturated carbocycles. The first-order valence-corrected chi connectivity index (χ1v) is 11.3. The van der Waals surface area contributed by atoms with Gasteiger partial charge >= 0.3 is 0 Å². The minimum absolute atomic E-state index is 0.0230. The molecule has 6 heteroatoms. The van der Waals surface area contributed by atoms with Crippen LogP contribution in [0.15, 0.2) is 78.4 Å². The smallest absolute Gasteiger partial charge is 0.295 e. The molecule has 0 radical (unpaired) electrons. The van der Waals surface area contributed by atoms with Crippen molar-refractivity contribution in [3.8, 4) is 11.5 Å². The summed E-state index contributed by atoms with van der Waals surface area (Å²) in [4.78, 5) is 27.8. The van der Waals surface area contributed by atoms with E-state index in [1.807, 2.05) is 43.3 Å². The number of likely N-dealkylation sites (tertiary alicyclic amines) is 1. The predicted molar refractivity (Wildman–Crippen MR) is 127 cm³/mol. The highest BCUT2D eigenvalue weighted by atomic mass is 16.5. The Morgan fingerprint density at radius 2 is 1.82 bits per heavy atom. The van der Waals surface area contributed by atoms with Crippen molar-refractivity contribution in [3.05, 3.63) is 101 Å². The van der Waals surface area contributed by atoms with Gasteiger partial charge in [-0.25, -0.2) is 0 Å². The summed E-state index contributed by atoms with van der Waals surface area (Å²) in [5, 5.41) is 21.4. The lowest BCUT2D eigenvalue weighted by molar-refractivity contribution is -0.139. The highest BCUT2D eigenvalue weighted by Gasteiger charge is 2.46. The Morgan fingerprint density at radius 3 is 2.59 bits per heavy atom. The number of phenols is 1. The number of aromatic hydroxyl groups is 1. The number of hydrogen-bond acceptors (Lipinski definition) is 5. The Morgan fingerprint density at radius 1 is 1.03 bits per heavy atom. The normalized spacial score (nSPS) is 20.9. The van der Waals surface area contributed by atoms with Gasteiger partial charge in [0, 0.05) is 18.5 Å². The topological polar surface area (TPSA) is 87.1 Å². The molecule has 1 amide bonds. The van der Waals surface area contributed by atoms with Gasteiger partial charge in [0.1, 0.15) is 23.4 Å². The first-order chi connectivity index (χ1) is 16.4. The van der Waals surface area contributed by atoms with Crippen LogP contribution >= 0.6 is 0 Å². The number of carbonyl (C=O) groups excluding carboxylic acids is 2. The van der Waals surface area contributed by atoms with Crippen molar-refractivity contribution >= 4 is 17.4 Å². The summed E-state index contributed by atoms with van der Waals surface area (Å²) in [7, 11) is 0. The molecule has 2 heterocycles. The van der Waals surface area contributed by atoms with Gasteiger partial charge in [0.05, 0.1) is 11.6 Å². The molecule has 172 valence electrons. The Hall–Kier alpha value is -4.06. The molecule has 5 rings (SSSR count). The van der Waals surface area contributed by atoms with Crippen LogP contribution in [0.5, 0.6) is 11.5 Å². The molecule has 2 N–H and O–H groups in total. The summed E-state index contributed by atoms with van der Waals surface area (Å²) < 4.78 is 5.75. The summed E-state index contributed by atoms with van der Waals surface area (Å²) in [6.07, 6.45) is 1.30. The lowest BCUT2D eigenvalue weighted by atomic mass is 9.94. The van der Waals surface area contributed by atoms with Crippen molar-refractivity contribution in [2.45, 2.75) is 31.9 Å². The van der Waals surface area contributed by atoms with Gasteiger partial charge in [0.25, 0.3) is 11.7 Å². The highest BCUT2D eigenvalue weighted by Crippen LogP contribution is 2.41. The first-order valence-electron chi connectivity index (χ1n) is 11.3. The molecule has 2 aliphatic rings. The van der Waals surface area contributed by atoms with Gasteiger partial charge in [-0.3, -0.25) is 9.59 Å². The van der Waals surface area contributed by atoms with E-state index in [0.29, 0.717) is 30.5 Å². The Balaban J connectivity index is 1.58. The van der Waals surface area contributed by atoms with E-state index in [1.54, 1.807) is 24.3 Å². The maximum absolute atomic E-state index is 13.2. The Labute approximate surface area is 197 Å². The zero-order valence-corrected chi connectivity index (χ0v) is 18.8. The third-order valence-corrected chi connectivity index (χ3v) is 6.38. The van der Waals surface area contributed by atoms with Crippen LogP contribution in [0.2, 0.25) is 0 Å². The van der Waals surface area contributed by atoms with E-state index in [0.717, 1.165) is 16.9 Å². The molecule has 0 bridgehead atoms. The molecule has 3 aromatic rings. The van der Waals surface area contributed by atoms with Crippen LogP contribution in [-0.4, -0.2) is 39.5 Å². The standard InChI is InChI=1S/C28H25NO5/c1-17-14-21-15-20(10-11-23(21)34-17)26(31)24-25(19-8-5-9-22(30)16-19)29(28(33)27(24)32)13-12-18-6-3-2-4-7-18/h2-11,15-17,25,30-31H,12-14H2,1H3/b26-24+/t17-,25-/m0/s1. The number of phenolic OH excluding ortho intramolecular Hbond substituents is 1. The van der Waals surface area contributed by atoms with E-state index in [1.165, 1.54) is 17.0 Å². The molecule has 2 atom stereocenters. The molecular formula is C28H25NO5. The first kappa shape index (κ1) is 21.8. The van der Waals surface area contributed by atoms with Crippen LogP contribution in [0.1, 0.15) is 35.2 Å². The predicted octanol–water partition coefficient (Wildman–Crippen LogP) is 4.38. The number of hydrogen-bond donors (Lipinski definition) is 2. The molecule has 0 unspecified atom stereocenters. The minimum atomic E-state index is -0.806. The van der Waals surface area contributed by atoms with Crippen molar-refractivity contribution in [1.29, 1.82) is 0 Å². The number of carbonyl (C=O) groups is 2. The molecule has 34 heavy (non-hydrogen) atoms. The molecule has 1 saturated heterocycles. The van der Waals surface area contributed by atoms with E-state index in [2.05, 4.69) is 0 Å². The summed E-state index contributed by atoms with van der Waals surface area (Å²) >= 11 is 0. The number of nitrogens with zero attached hydrogens (tertiary/aromatic N) is 1. The summed E-state index contributed by atoms with van der Waals surface area (Å²) in [6.45, 7) is 2.26. The van der Waals surface area contributed by atoms with Crippen LogP contribution in [-0.2, 0) is 22.4 Å². The minimum Gasteiger partial charge on any atom is -0.508 e. The zero-order chi connectivity index (χ0) is 23.8. The van der Waals surface area contributed by atoms with Crippen molar-refractivity contribution in [2.24, 2.45) is 0 Å². The average molecular weight is 456 g/mol. The molecule has 3 aromatic carbocycles. The fourth-order valence-electron chi connectivity index (χ4n) is 4.77. The van der Waals surface area contributed by atoms with Gasteiger partial charge in [-0.15, -0.1) is 0 Å². The molecule has 0 aliphatic carbocycles. The number of aliphatic hydroxyl groups is 1. The van der Waals surface area contributed by atoms with Crippen LogP contribution < -0.4 is 4.74 Å². The van der Waals surface area contributed by atoms with Crippen LogP contribution in [0.4, 0.5) is 0 Å². The number of amides is 1. The van der Waals surface area contributed by atoms with Crippen molar-refractivity contribution in [2.75, 3.05) is 6.54 Å². The van der Waals surface area contributed by atoms with E-state index in [-0.39, 0.29) is 23.2 Å². The zero-order valence-electron chi connectivity index (χ0n) is 18.8. The number of benzene rings is 3. The van der Waals surface area contributed by atoms with Gasteiger partial charge in [0.2, 0.25) is 0 Å². The molecule has 6 nitrogen and oxygen atoms in total. The second kappa shape index (κ2) is 8.71. The van der Waals surface area contributed by atoms with Crippen LogP contribution in [0.25, 0.3) is 5.76 Å². The van der Waals surface area contributed by atoms with Crippen molar-refractivity contribution in [3.63, 3.8) is 0 Å². The third kappa shape index (κ3) is 3.92. The van der Waals surface area contributed by atoms with Crippen molar-refractivity contribution < 1.29 is 24.5 Å². The second-order valence-electron chi connectivity index (χ2n) is 8.78. The van der Waals surface area contributed by atoms with Gasteiger partial charge in [-0.1, -0.05) is 42.5 Å². The van der Waals surface area contributed by atoms with E-state index < -0.39 is 17.7 Å². The van der Waals surface area contributed by atoms with E-state index >= 15 is 0 Å². The Kier molecular flexibility index (Phi) is 5.57. The lowest BCUT2D eigenvalue weighted by Gasteiger charge is -2.25. The largest absolute Gasteiger partial charge is 0.508 e. The molecular weight excluding hydrogens is 430 g/mol. The van der Waals surface area contributed by atoms with Gasteiger partial charge < -0.3 is 19.8 Å². The van der Waals surface area contributed by atoms with Gasteiger partial charge in [0.15, 0.2) is 0 Å². The highest BCUT2D eigenvalue weighted by molar-refractivity contribution is 6.46. The van der Waals surface area contributed by atoms with Crippen LogP contribution in [0, 0.1) is 0 Å². The number of fused-ring (bicyclic) bond motifs is 1. The molecule has 0 aromatic heterocycles. The molecule has 0 spiro atoms. The van der Waals surface area contributed by atoms with Crippen molar-refractivity contribution in [1.82, 2.24) is 4.90 Å². The Bertz CT molecular complexity index is 1300. The van der Waals surface area contributed by atoms with E-state index in [9.17, 15) is 19.8 Å². The fraction of sp³-hybridized carbons (Fsp3) is 0.214. The SMILES string of the molecule is C[C@H]1Cc2cc(/C(O)=C3\C(=O)C(=O)N(CCc4ccccc4)[C@H]3c3cccc(O)c3)ccc2O1. The average Bonchev–Trinajstić information content (AvgIpc) is 3.33. The molecule has 1 fully saturated rings. The number of ketones is 1. The van der Waals surface area contributed by atoms with Crippen LogP contribution in [0.3, 0.4) is 0 Å². The number of Topliss-reactive ketones (excluding diaryl/α,β-unsaturated/α-hetero) is 1. The second-order valence-corrected chi connectivity index (χ2v) is 8.78. The van der Waals surface area contributed by atoms with Gasteiger partial charge in [-0.2, -0.15) is 0 Å². The summed E-state index contributed by atoms with van der Waals surface area (Å²) in [5.41, 5.74) is 3.03. The quantitative estimate of drug-likeness (QED) is 0.339. The summed E-state index contributed by atoms with van der Waals surface area (Å²) in [6, 6.07) is 20.7. The number of aliphatic hydroxyl groups excluding tert-OH is 1. The third-order valence-electron chi connectivity index (χ3n) is 6.38. The maximum Gasteiger partial charge on any atom is 0.295 e. The van der Waals surface area contributed by atoms with Gasteiger partial charge in [-0.05, 0) is 60.4 Å². The maximum atomic E-state index is 13.2. The number of ether oxygens (including phenoxy) is 1. The molecule has 2 aliphatic heterocycles. The monoisotopic (exact) mass is 455 g/mol. The summed E-state index contributed by atoms with van der Waals surface area (Å²) in [5.74, 6) is -0.837. The fourth-order valence-corrected chi connectivity index (χ4v) is 4.77.